The molecule has 3 aromatic carbocycles. The van der Waals surface area contributed by atoms with Crippen LogP contribution in [0.25, 0.3) is 33.1 Å². The van der Waals surface area contributed by atoms with Gasteiger partial charge >= 0.3 is 7.12 Å². The maximum Gasteiger partial charge on any atom is 0.494 e. The fraction of sp³-hybridized carbons (Fsp3) is 0.250. The summed E-state index contributed by atoms with van der Waals surface area (Å²) in [4.78, 5) is 0. The molecule has 5 rings (SSSR count). The summed E-state index contributed by atoms with van der Waals surface area (Å²) >= 11 is 0. The fourth-order valence-corrected chi connectivity index (χ4v) is 3.81. The van der Waals surface area contributed by atoms with E-state index in [1.807, 2.05) is 24.3 Å². The van der Waals surface area contributed by atoms with E-state index >= 15 is 0 Å². The zero-order valence-electron chi connectivity index (χ0n) is 16.7. The Labute approximate surface area is 165 Å². The largest absolute Gasteiger partial charge is 0.494 e. The fourth-order valence-electron chi connectivity index (χ4n) is 3.81. The number of fused-ring (bicyclic) bond motifs is 3. The molecule has 0 aliphatic carbocycles. The molecule has 4 heteroatoms. The summed E-state index contributed by atoms with van der Waals surface area (Å²) in [5, 5.41) is 2.30. The van der Waals surface area contributed by atoms with Crippen LogP contribution in [0.1, 0.15) is 27.7 Å². The van der Waals surface area contributed by atoms with Crippen molar-refractivity contribution in [1.82, 2.24) is 0 Å². The molecule has 0 atom stereocenters. The third-order valence-electron chi connectivity index (χ3n) is 6.15. The number of benzene rings is 3. The molecule has 3 nitrogen and oxygen atoms in total. The van der Waals surface area contributed by atoms with Crippen molar-refractivity contribution >= 4 is 34.5 Å². The molecule has 0 spiro atoms. The minimum atomic E-state index is -0.343. The van der Waals surface area contributed by atoms with Crippen molar-refractivity contribution in [2.45, 2.75) is 38.9 Å². The smallest absolute Gasteiger partial charge is 0.456 e. The van der Waals surface area contributed by atoms with Gasteiger partial charge < -0.3 is 13.7 Å². The Morgan fingerprint density at radius 1 is 0.679 bits per heavy atom. The molecular weight excluding hydrogens is 347 g/mol. The quantitative estimate of drug-likeness (QED) is 0.434. The maximum atomic E-state index is 6.17. The molecular formula is C24H23BO3. The van der Waals surface area contributed by atoms with Gasteiger partial charge in [-0.1, -0.05) is 54.6 Å². The predicted molar refractivity (Wildman–Crippen MR) is 115 cm³/mol. The molecule has 4 aromatic rings. The molecule has 140 valence electrons. The highest BCUT2D eigenvalue weighted by atomic mass is 16.7. The third-order valence-corrected chi connectivity index (χ3v) is 6.15. The molecule has 2 heterocycles. The lowest BCUT2D eigenvalue weighted by Gasteiger charge is -2.32. The van der Waals surface area contributed by atoms with E-state index < -0.39 is 0 Å². The van der Waals surface area contributed by atoms with E-state index in [0.717, 1.165) is 33.0 Å². The summed E-state index contributed by atoms with van der Waals surface area (Å²) in [5.74, 6) is 0. The SMILES string of the molecule is CC1(C)OB(c2ccc(-c3cccc4oc5ccccc5c34)cc2)OC1(C)C. The van der Waals surface area contributed by atoms with Crippen molar-refractivity contribution in [1.29, 1.82) is 0 Å². The van der Waals surface area contributed by atoms with Crippen molar-refractivity contribution in [3.8, 4) is 11.1 Å². The first-order valence-electron chi connectivity index (χ1n) is 9.72. The molecule has 1 aromatic heterocycles. The van der Waals surface area contributed by atoms with Crippen molar-refractivity contribution in [3.63, 3.8) is 0 Å². The summed E-state index contributed by atoms with van der Waals surface area (Å²) in [6.45, 7) is 8.30. The number of hydrogen-bond donors (Lipinski definition) is 0. The Bertz CT molecular complexity index is 1160. The molecule has 1 saturated heterocycles. The van der Waals surface area contributed by atoms with Crippen LogP contribution >= 0.6 is 0 Å². The van der Waals surface area contributed by atoms with Crippen molar-refractivity contribution < 1.29 is 13.7 Å². The summed E-state index contributed by atoms with van der Waals surface area (Å²) in [5.41, 5.74) is 4.51. The second kappa shape index (κ2) is 5.97. The second-order valence-electron chi connectivity index (χ2n) is 8.49. The van der Waals surface area contributed by atoms with Crippen LogP contribution in [0, 0.1) is 0 Å². The molecule has 0 amide bonds. The van der Waals surface area contributed by atoms with Gasteiger partial charge in [0.25, 0.3) is 0 Å². The van der Waals surface area contributed by atoms with E-state index in [9.17, 15) is 0 Å². The Morgan fingerprint density at radius 3 is 2.04 bits per heavy atom. The van der Waals surface area contributed by atoms with Gasteiger partial charge in [-0.2, -0.15) is 0 Å². The highest BCUT2D eigenvalue weighted by Crippen LogP contribution is 2.38. The summed E-state index contributed by atoms with van der Waals surface area (Å²) in [7, 11) is -0.343. The minimum Gasteiger partial charge on any atom is -0.456 e. The molecule has 0 N–H and O–H groups in total. The first-order chi connectivity index (χ1) is 13.4. The number of hydrogen-bond acceptors (Lipinski definition) is 3. The highest BCUT2D eigenvalue weighted by molar-refractivity contribution is 6.62. The Morgan fingerprint density at radius 2 is 1.32 bits per heavy atom. The minimum absolute atomic E-state index is 0.336. The Kier molecular flexibility index (Phi) is 3.74. The van der Waals surface area contributed by atoms with E-state index in [2.05, 4.69) is 70.2 Å². The average Bonchev–Trinajstić information content (AvgIpc) is 3.15. The normalized spacial score (nSPS) is 18.2. The van der Waals surface area contributed by atoms with Gasteiger partial charge in [-0.25, -0.2) is 0 Å². The molecule has 1 aliphatic heterocycles. The van der Waals surface area contributed by atoms with E-state index in [1.54, 1.807) is 0 Å². The molecule has 0 bridgehead atoms. The lowest BCUT2D eigenvalue weighted by atomic mass is 9.78. The molecule has 0 radical (unpaired) electrons. The van der Waals surface area contributed by atoms with Crippen molar-refractivity contribution in [3.05, 3.63) is 66.7 Å². The third kappa shape index (κ3) is 2.60. The Hall–Kier alpha value is -2.56. The van der Waals surface area contributed by atoms with Crippen LogP contribution < -0.4 is 5.46 Å². The average molecular weight is 370 g/mol. The molecule has 0 unspecified atom stereocenters. The lowest BCUT2D eigenvalue weighted by Crippen LogP contribution is -2.41. The molecule has 1 aliphatic rings. The summed E-state index contributed by atoms with van der Waals surface area (Å²) in [6, 6.07) is 22.9. The predicted octanol–water partition coefficient (Wildman–Crippen LogP) is 5.55. The molecule has 1 fully saturated rings. The second-order valence-corrected chi connectivity index (χ2v) is 8.49. The monoisotopic (exact) mass is 370 g/mol. The lowest BCUT2D eigenvalue weighted by molar-refractivity contribution is 0.00578. The van der Waals surface area contributed by atoms with Crippen molar-refractivity contribution in [2.75, 3.05) is 0 Å². The van der Waals surface area contributed by atoms with Crippen LogP contribution in [-0.4, -0.2) is 18.3 Å². The van der Waals surface area contributed by atoms with Gasteiger partial charge in [-0.3, -0.25) is 0 Å². The van der Waals surface area contributed by atoms with Gasteiger partial charge in [0.2, 0.25) is 0 Å². The number of furan rings is 1. The van der Waals surface area contributed by atoms with Gasteiger partial charge in [0, 0.05) is 10.8 Å². The maximum absolute atomic E-state index is 6.17. The van der Waals surface area contributed by atoms with Crippen LogP contribution in [0.2, 0.25) is 0 Å². The van der Waals surface area contributed by atoms with E-state index in [1.165, 1.54) is 5.56 Å². The van der Waals surface area contributed by atoms with Crippen molar-refractivity contribution in [2.24, 2.45) is 0 Å². The van der Waals surface area contributed by atoms with E-state index in [0.29, 0.717) is 0 Å². The Balaban J connectivity index is 1.55. The van der Waals surface area contributed by atoms with Crippen LogP contribution in [0.5, 0.6) is 0 Å². The van der Waals surface area contributed by atoms with Crippen LogP contribution in [-0.2, 0) is 9.31 Å². The topological polar surface area (TPSA) is 31.6 Å². The van der Waals surface area contributed by atoms with Gasteiger partial charge in [0.15, 0.2) is 0 Å². The number of rotatable bonds is 2. The molecule has 0 saturated carbocycles. The van der Waals surface area contributed by atoms with Gasteiger partial charge in [-0.05, 0) is 56.4 Å². The van der Waals surface area contributed by atoms with Crippen LogP contribution in [0.3, 0.4) is 0 Å². The van der Waals surface area contributed by atoms with Crippen LogP contribution in [0.4, 0.5) is 0 Å². The number of para-hydroxylation sites is 1. The van der Waals surface area contributed by atoms with Crippen LogP contribution in [0.15, 0.2) is 71.1 Å². The summed E-state index contributed by atoms with van der Waals surface area (Å²) < 4.78 is 18.4. The van der Waals surface area contributed by atoms with Gasteiger partial charge in [0.1, 0.15) is 11.2 Å². The zero-order valence-corrected chi connectivity index (χ0v) is 16.7. The first-order valence-corrected chi connectivity index (χ1v) is 9.72. The van der Waals surface area contributed by atoms with E-state index in [4.69, 9.17) is 13.7 Å². The standard InChI is InChI=1S/C24H23BO3/c1-23(2)24(3,4)28-25(27-23)17-14-12-16(13-15-17)18-9-7-11-21-22(18)19-8-5-6-10-20(19)26-21/h5-15H,1-4H3. The zero-order chi connectivity index (χ0) is 19.5. The van der Waals surface area contributed by atoms with Gasteiger partial charge in [-0.15, -0.1) is 0 Å². The summed E-state index contributed by atoms with van der Waals surface area (Å²) in [6.07, 6.45) is 0. The first kappa shape index (κ1) is 17.5. The highest BCUT2D eigenvalue weighted by Gasteiger charge is 2.51. The molecule has 28 heavy (non-hydrogen) atoms. The van der Waals surface area contributed by atoms with E-state index in [-0.39, 0.29) is 18.3 Å². The van der Waals surface area contributed by atoms with Gasteiger partial charge in [0.05, 0.1) is 11.2 Å².